The van der Waals surface area contributed by atoms with Gasteiger partial charge in [0.25, 0.3) is 5.88 Å². The maximum absolute atomic E-state index is 13.9. The number of pyridine rings is 1. The summed E-state index contributed by atoms with van der Waals surface area (Å²) >= 11 is 0. The topological polar surface area (TPSA) is 34.2 Å². The first-order valence-corrected chi connectivity index (χ1v) is 6.12. The molecule has 0 aliphatic heterocycles. The molecule has 0 amide bonds. The minimum absolute atomic E-state index is 0.112. The molecule has 1 N–H and O–H groups in total. The smallest absolute Gasteiger partial charge is 0.250 e. The molecule has 17 heavy (non-hydrogen) atoms. The molecule has 4 heteroatoms. The van der Waals surface area contributed by atoms with Crippen molar-refractivity contribution in [1.29, 1.82) is 0 Å². The predicted molar refractivity (Wildman–Crippen MR) is 66.5 cm³/mol. The first kappa shape index (κ1) is 13.9. The molecule has 0 unspecified atom stereocenters. The molecular formula is C13H21FN2O. The number of halogens is 1. The number of rotatable bonds is 7. The molecule has 3 nitrogen and oxygen atoms in total. The molecular weight excluding hydrogens is 219 g/mol. The van der Waals surface area contributed by atoms with E-state index in [2.05, 4.69) is 24.1 Å². The van der Waals surface area contributed by atoms with Crippen LogP contribution in [0.1, 0.15) is 32.8 Å². The fraction of sp³-hybridized carbons (Fsp3) is 0.615. The lowest BCUT2D eigenvalue weighted by atomic mass is 10.1. The average molecular weight is 240 g/mol. The summed E-state index contributed by atoms with van der Waals surface area (Å²) in [6.45, 7) is 8.02. The Labute approximate surface area is 102 Å². The standard InChI is InChI=1S/C13H21FN2O/c1-4-15-9-11-5-7-16-13(12(11)14)17-8-6-10(2)3/h5,7,10,15H,4,6,8-9H2,1-3H3. The van der Waals surface area contributed by atoms with E-state index in [-0.39, 0.29) is 11.7 Å². The molecule has 1 aromatic rings. The molecule has 1 rings (SSSR count). The van der Waals surface area contributed by atoms with Gasteiger partial charge in [0, 0.05) is 18.3 Å². The van der Waals surface area contributed by atoms with Gasteiger partial charge in [0.1, 0.15) is 0 Å². The second-order valence-electron chi connectivity index (χ2n) is 4.40. The van der Waals surface area contributed by atoms with Crippen molar-refractivity contribution >= 4 is 0 Å². The van der Waals surface area contributed by atoms with Crippen LogP contribution < -0.4 is 10.1 Å². The van der Waals surface area contributed by atoms with E-state index in [1.54, 1.807) is 12.3 Å². The van der Waals surface area contributed by atoms with Gasteiger partial charge in [-0.05, 0) is 24.9 Å². The van der Waals surface area contributed by atoms with E-state index in [1.807, 2.05) is 6.92 Å². The van der Waals surface area contributed by atoms with Crippen molar-refractivity contribution in [2.75, 3.05) is 13.2 Å². The molecule has 0 radical (unpaired) electrons. The van der Waals surface area contributed by atoms with Crippen LogP contribution in [0, 0.1) is 11.7 Å². The van der Waals surface area contributed by atoms with Crippen molar-refractivity contribution in [1.82, 2.24) is 10.3 Å². The zero-order valence-electron chi connectivity index (χ0n) is 10.8. The van der Waals surface area contributed by atoms with Gasteiger partial charge in [-0.3, -0.25) is 0 Å². The van der Waals surface area contributed by atoms with Crippen molar-refractivity contribution in [2.45, 2.75) is 33.7 Å². The third-order valence-corrected chi connectivity index (χ3v) is 2.44. The lowest BCUT2D eigenvalue weighted by Gasteiger charge is -2.10. The highest BCUT2D eigenvalue weighted by Gasteiger charge is 2.10. The largest absolute Gasteiger partial charge is 0.476 e. The summed E-state index contributed by atoms with van der Waals surface area (Å²) in [5, 5.41) is 3.08. The highest BCUT2D eigenvalue weighted by molar-refractivity contribution is 5.23. The molecule has 0 spiro atoms. The van der Waals surface area contributed by atoms with Gasteiger partial charge in [0.05, 0.1) is 6.61 Å². The van der Waals surface area contributed by atoms with E-state index in [0.717, 1.165) is 13.0 Å². The number of hydrogen-bond donors (Lipinski definition) is 1. The van der Waals surface area contributed by atoms with E-state index in [0.29, 0.717) is 24.6 Å². The lowest BCUT2D eigenvalue weighted by Crippen LogP contribution is -2.14. The summed E-state index contributed by atoms with van der Waals surface area (Å²) in [5.74, 6) is 0.307. The van der Waals surface area contributed by atoms with Crippen LogP contribution in [0.2, 0.25) is 0 Å². The normalized spacial score (nSPS) is 10.9. The Bertz CT molecular complexity index is 342. The first-order valence-electron chi connectivity index (χ1n) is 6.12. The Kier molecular flexibility index (Phi) is 5.91. The fourth-order valence-corrected chi connectivity index (χ4v) is 1.35. The Balaban J connectivity index is 2.59. The minimum Gasteiger partial charge on any atom is -0.476 e. The number of hydrogen-bond acceptors (Lipinski definition) is 3. The van der Waals surface area contributed by atoms with Gasteiger partial charge in [-0.2, -0.15) is 0 Å². The molecule has 0 aromatic carbocycles. The number of ether oxygens (including phenoxy) is 1. The van der Waals surface area contributed by atoms with E-state index >= 15 is 0 Å². The van der Waals surface area contributed by atoms with Gasteiger partial charge in [-0.15, -0.1) is 0 Å². The van der Waals surface area contributed by atoms with Crippen molar-refractivity contribution in [3.8, 4) is 5.88 Å². The second-order valence-corrected chi connectivity index (χ2v) is 4.40. The predicted octanol–water partition coefficient (Wildman–Crippen LogP) is 2.76. The quantitative estimate of drug-likeness (QED) is 0.795. The number of aromatic nitrogens is 1. The maximum atomic E-state index is 13.9. The van der Waals surface area contributed by atoms with E-state index in [4.69, 9.17) is 4.74 Å². The van der Waals surface area contributed by atoms with Crippen molar-refractivity contribution < 1.29 is 9.13 Å². The van der Waals surface area contributed by atoms with E-state index in [1.165, 1.54) is 0 Å². The van der Waals surface area contributed by atoms with Gasteiger partial charge in [0.2, 0.25) is 0 Å². The lowest BCUT2D eigenvalue weighted by molar-refractivity contribution is 0.264. The van der Waals surface area contributed by atoms with Gasteiger partial charge in [-0.25, -0.2) is 9.37 Å². The van der Waals surface area contributed by atoms with Gasteiger partial charge in [-0.1, -0.05) is 20.8 Å². The zero-order chi connectivity index (χ0) is 12.7. The van der Waals surface area contributed by atoms with E-state index < -0.39 is 0 Å². The molecule has 0 fully saturated rings. The second kappa shape index (κ2) is 7.22. The summed E-state index contributed by atoms with van der Waals surface area (Å²) < 4.78 is 19.2. The van der Waals surface area contributed by atoms with Crippen LogP contribution in [-0.2, 0) is 6.54 Å². The third kappa shape index (κ3) is 4.69. The third-order valence-electron chi connectivity index (χ3n) is 2.44. The molecule has 1 heterocycles. The van der Waals surface area contributed by atoms with Crippen LogP contribution >= 0.6 is 0 Å². The monoisotopic (exact) mass is 240 g/mol. The highest BCUT2D eigenvalue weighted by Crippen LogP contribution is 2.17. The molecule has 0 atom stereocenters. The zero-order valence-corrected chi connectivity index (χ0v) is 10.8. The molecule has 1 aromatic heterocycles. The van der Waals surface area contributed by atoms with Crippen molar-refractivity contribution in [3.05, 3.63) is 23.6 Å². The van der Waals surface area contributed by atoms with Gasteiger partial charge < -0.3 is 10.1 Å². The van der Waals surface area contributed by atoms with Crippen LogP contribution in [0.25, 0.3) is 0 Å². The van der Waals surface area contributed by atoms with E-state index in [9.17, 15) is 4.39 Å². The van der Waals surface area contributed by atoms with Gasteiger partial charge in [0.15, 0.2) is 5.82 Å². The summed E-state index contributed by atoms with van der Waals surface area (Å²) in [6, 6.07) is 1.67. The summed E-state index contributed by atoms with van der Waals surface area (Å²) in [4.78, 5) is 3.92. The fourth-order valence-electron chi connectivity index (χ4n) is 1.35. The molecule has 0 saturated carbocycles. The molecule has 96 valence electrons. The highest BCUT2D eigenvalue weighted by atomic mass is 19.1. The van der Waals surface area contributed by atoms with Crippen LogP contribution in [0.3, 0.4) is 0 Å². The number of nitrogens with zero attached hydrogens (tertiary/aromatic N) is 1. The molecule has 0 bridgehead atoms. The minimum atomic E-state index is -0.350. The molecule has 0 aliphatic rings. The van der Waals surface area contributed by atoms with Crippen LogP contribution in [0.15, 0.2) is 12.3 Å². The summed E-state index contributed by atoms with van der Waals surface area (Å²) in [7, 11) is 0. The Morgan fingerprint density at radius 2 is 2.24 bits per heavy atom. The summed E-state index contributed by atoms with van der Waals surface area (Å²) in [6.07, 6.45) is 2.49. The van der Waals surface area contributed by atoms with Crippen LogP contribution in [0.4, 0.5) is 4.39 Å². The van der Waals surface area contributed by atoms with Crippen LogP contribution in [-0.4, -0.2) is 18.1 Å². The Morgan fingerprint density at radius 1 is 1.47 bits per heavy atom. The Morgan fingerprint density at radius 3 is 2.88 bits per heavy atom. The maximum Gasteiger partial charge on any atom is 0.250 e. The van der Waals surface area contributed by atoms with Crippen molar-refractivity contribution in [2.24, 2.45) is 5.92 Å². The molecule has 0 saturated heterocycles. The van der Waals surface area contributed by atoms with Crippen LogP contribution in [0.5, 0.6) is 5.88 Å². The SMILES string of the molecule is CCNCc1ccnc(OCCC(C)C)c1F. The molecule has 0 aliphatic carbocycles. The number of nitrogens with one attached hydrogen (secondary N) is 1. The van der Waals surface area contributed by atoms with Crippen molar-refractivity contribution in [3.63, 3.8) is 0 Å². The summed E-state index contributed by atoms with van der Waals surface area (Å²) in [5.41, 5.74) is 0.599. The first-order chi connectivity index (χ1) is 8.15. The Hall–Kier alpha value is -1.16. The van der Waals surface area contributed by atoms with Gasteiger partial charge >= 0.3 is 0 Å². The average Bonchev–Trinajstić information content (AvgIpc) is 2.29.